The maximum absolute atomic E-state index is 11.8. The van der Waals surface area contributed by atoms with Gasteiger partial charge in [0.1, 0.15) is 46.7 Å². The molecule has 4 aromatic carbocycles. The lowest BCUT2D eigenvalue weighted by Gasteiger charge is -2.40. The Labute approximate surface area is 237 Å². The Morgan fingerprint density at radius 3 is 1.76 bits per heavy atom. The number of hydrogen-bond acceptors (Lipinski definition) is 12. The van der Waals surface area contributed by atoms with Crippen LogP contribution in [0.5, 0.6) is 57.5 Å². The molecule has 10 N–H and O–H groups in total. The van der Waals surface area contributed by atoms with Crippen molar-refractivity contribution >= 4 is 0 Å². The van der Waals surface area contributed by atoms with Crippen molar-refractivity contribution in [2.45, 2.75) is 36.8 Å². The third-order valence-electron chi connectivity index (χ3n) is 7.67. The number of aliphatic hydroxyl groups is 2. The Balaban J connectivity index is 1.55. The lowest BCUT2D eigenvalue weighted by molar-refractivity contribution is 0.00115. The molecule has 2 heterocycles. The Kier molecular flexibility index (Phi) is 6.24. The van der Waals surface area contributed by atoms with E-state index in [0.29, 0.717) is 0 Å². The molecule has 12 nitrogen and oxygen atoms in total. The molecule has 0 saturated heterocycles. The fourth-order valence-corrected chi connectivity index (χ4v) is 5.71. The maximum Gasteiger partial charge on any atom is 0.157 e. The molecule has 218 valence electrons. The minimum atomic E-state index is -1.59. The molecule has 0 fully saturated rings. The molecular weight excluding hydrogens is 552 g/mol. The molecule has 0 unspecified atom stereocenters. The topological polar surface area (TPSA) is 221 Å². The summed E-state index contributed by atoms with van der Waals surface area (Å²) in [5.74, 6) is -5.08. The first kappa shape index (κ1) is 27.0. The van der Waals surface area contributed by atoms with E-state index in [1.807, 2.05) is 0 Å². The van der Waals surface area contributed by atoms with Gasteiger partial charge in [-0.2, -0.15) is 0 Å². The molecule has 42 heavy (non-hydrogen) atoms. The van der Waals surface area contributed by atoms with Crippen LogP contribution in [0.25, 0.3) is 0 Å². The highest BCUT2D eigenvalue weighted by atomic mass is 16.5. The second-order valence-corrected chi connectivity index (χ2v) is 10.3. The summed E-state index contributed by atoms with van der Waals surface area (Å²) in [6.45, 7) is 0. The third kappa shape index (κ3) is 4.24. The third-order valence-corrected chi connectivity index (χ3v) is 7.67. The van der Waals surface area contributed by atoms with Gasteiger partial charge in [0.2, 0.25) is 0 Å². The summed E-state index contributed by atoms with van der Waals surface area (Å²) in [5, 5.41) is 105. The highest BCUT2D eigenvalue weighted by molar-refractivity contribution is 5.65. The van der Waals surface area contributed by atoms with Crippen molar-refractivity contribution in [1.82, 2.24) is 0 Å². The number of hydrogen-bond donors (Lipinski definition) is 10. The molecule has 12 heteroatoms. The van der Waals surface area contributed by atoms with Crippen molar-refractivity contribution < 1.29 is 60.5 Å². The summed E-state index contributed by atoms with van der Waals surface area (Å²) in [6, 6.07) is 10.8. The number of aromatic hydroxyl groups is 8. The molecule has 6 rings (SSSR count). The fraction of sp³-hybridized carbons (Fsp3) is 0.200. The van der Waals surface area contributed by atoms with Crippen molar-refractivity contribution in [2.24, 2.45) is 0 Å². The molecular formula is C30H26O12. The van der Waals surface area contributed by atoms with Gasteiger partial charge in [-0.1, -0.05) is 12.1 Å². The first-order valence-electron chi connectivity index (χ1n) is 12.8. The van der Waals surface area contributed by atoms with Gasteiger partial charge in [-0.05, 0) is 35.4 Å². The molecule has 0 saturated carbocycles. The van der Waals surface area contributed by atoms with Crippen LogP contribution in [-0.2, 0) is 6.42 Å². The molecule has 4 aromatic rings. The van der Waals surface area contributed by atoms with Crippen molar-refractivity contribution in [3.05, 3.63) is 82.4 Å². The Hall–Kier alpha value is -5.20. The summed E-state index contributed by atoms with van der Waals surface area (Å²) >= 11 is 0. The average molecular weight is 579 g/mol. The number of benzene rings is 4. The number of ether oxygens (including phenoxy) is 2. The first-order chi connectivity index (χ1) is 19.9. The molecule has 2 aliphatic heterocycles. The quantitative estimate of drug-likeness (QED) is 0.159. The summed E-state index contributed by atoms with van der Waals surface area (Å²) in [7, 11) is 0. The van der Waals surface area contributed by atoms with E-state index < -0.39 is 70.6 Å². The minimum Gasteiger partial charge on any atom is -0.508 e. The van der Waals surface area contributed by atoms with Gasteiger partial charge in [-0.15, -0.1) is 0 Å². The molecule has 0 aromatic heterocycles. The number of aliphatic hydroxyl groups excluding tert-OH is 2. The first-order valence-corrected chi connectivity index (χ1v) is 12.8. The maximum atomic E-state index is 11.8. The smallest absolute Gasteiger partial charge is 0.157 e. The van der Waals surface area contributed by atoms with Crippen LogP contribution in [0, 0.1) is 0 Å². The number of fused-ring (bicyclic) bond motifs is 2. The molecule has 0 bridgehead atoms. The van der Waals surface area contributed by atoms with Crippen LogP contribution in [0.1, 0.15) is 45.9 Å². The van der Waals surface area contributed by atoms with Gasteiger partial charge in [0.05, 0.1) is 12.0 Å². The van der Waals surface area contributed by atoms with Crippen molar-refractivity contribution in [3.63, 3.8) is 0 Å². The van der Waals surface area contributed by atoms with Crippen LogP contribution >= 0.6 is 0 Å². The van der Waals surface area contributed by atoms with Crippen LogP contribution in [0.15, 0.2) is 54.6 Å². The van der Waals surface area contributed by atoms with Crippen LogP contribution in [0.3, 0.4) is 0 Å². The molecule has 5 atom stereocenters. The zero-order chi connectivity index (χ0) is 30.0. The average Bonchev–Trinajstić information content (AvgIpc) is 2.93. The molecule has 0 radical (unpaired) electrons. The van der Waals surface area contributed by atoms with Gasteiger partial charge in [-0.3, -0.25) is 0 Å². The van der Waals surface area contributed by atoms with E-state index in [2.05, 4.69) is 0 Å². The van der Waals surface area contributed by atoms with Crippen molar-refractivity contribution in [2.75, 3.05) is 0 Å². The van der Waals surface area contributed by atoms with Crippen LogP contribution in [-0.4, -0.2) is 63.3 Å². The van der Waals surface area contributed by atoms with Gasteiger partial charge < -0.3 is 60.5 Å². The fourth-order valence-electron chi connectivity index (χ4n) is 5.71. The second kappa shape index (κ2) is 9.72. The molecule has 0 aliphatic carbocycles. The van der Waals surface area contributed by atoms with E-state index in [9.17, 15) is 51.1 Å². The van der Waals surface area contributed by atoms with Crippen LogP contribution < -0.4 is 9.47 Å². The Morgan fingerprint density at radius 1 is 0.548 bits per heavy atom. The predicted molar refractivity (Wildman–Crippen MR) is 143 cm³/mol. The number of phenolic OH excluding ortho intramolecular Hbond substituents is 8. The van der Waals surface area contributed by atoms with E-state index in [1.54, 1.807) is 0 Å². The van der Waals surface area contributed by atoms with E-state index in [0.717, 1.165) is 12.1 Å². The number of phenols is 8. The molecule has 0 amide bonds. The van der Waals surface area contributed by atoms with Gasteiger partial charge >= 0.3 is 0 Å². The Bertz CT molecular complexity index is 1720. The van der Waals surface area contributed by atoms with Gasteiger partial charge in [0, 0.05) is 41.3 Å². The summed E-state index contributed by atoms with van der Waals surface area (Å²) in [6.07, 6.45) is -5.43. The van der Waals surface area contributed by atoms with Gasteiger partial charge in [0.25, 0.3) is 0 Å². The largest absolute Gasteiger partial charge is 0.508 e. The highest BCUT2D eigenvalue weighted by Gasteiger charge is 2.46. The summed E-state index contributed by atoms with van der Waals surface area (Å²) in [5.41, 5.74) is 0.435. The summed E-state index contributed by atoms with van der Waals surface area (Å²) in [4.78, 5) is 0. The van der Waals surface area contributed by atoms with Crippen molar-refractivity contribution in [1.29, 1.82) is 0 Å². The van der Waals surface area contributed by atoms with Crippen LogP contribution in [0.4, 0.5) is 0 Å². The van der Waals surface area contributed by atoms with Gasteiger partial charge in [-0.25, -0.2) is 0 Å². The van der Waals surface area contributed by atoms with E-state index in [4.69, 9.17) is 9.47 Å². The predicted octanol–water partition coefficient (Wildman–Crippen LogP) is 3.00. The normalized spacial score (nSPS) is 22.9. The monoisotopic (exact) mass is 578 g/mol. The van der Waals surface area contributed by atoms with E-state index in [1.165, 1.54) is 42.5 Å². The molecule has 2 aliphatic rings. The SMILES string of the molecule is Oc1cc(O)c2c(c1)O[C@H](c1ccc(O)c(O)c1)[C@H](O)[C@H]2c1c(O)cc(O)c2c1O[C@@H](c1ccc(O)c(O)c1)[C@@H](O)C2. The minimum absolute atomic E-state index is 0.0312. The summed E-state index contributed by atoms with van der Waals surface area (Å²) < 4.78 is 12.1. The van der Waals surface area contributed by atoms with E-state index >= 15 is 0 Å². The second-order valence-electron chi connectivity index (χ2n) is 10.3. The Morgan fingerprint density at radius 2 is 1.14 bits per heavy atom. The van der Waals surface area contributed by atoms with Crippen LogP contribution in [0.2, 0.25) is 0 Å². The standard InChI is InChI=1S/C30H26O12/c31-13-7-20(37)24-23(8-13)41-29(12-2-4-16(33)19(36)6-12)27(40)26(24)25-21(38)10-17(34)14-9-22(39)28(42-30(14)25)11-1-3-15(32)18(35)5-11/h1-8,10,22,26-29,31-40H,9H2/t22-,26+,27+,28-,29+/m0/s1. The van der Waals surface area contributed by atoms with E-state index in [-0.39, 0.29) is 51.5 Å². The lowest BCUT2D eigenvalue weighted by atomic mass is 9.77. The molecule has 0 spiro atoms. The van der Waals surface area contributed by atoms with Crippen molar-refractivity contribution in [3.8, 4) is 57.5 Å². The van der Waals surface area contributed by atoms with Gasteiger partial charge in [0.15, 0.2) is 29.1 Å². The number of rotatable bonds is 3. The lowest BCUT2D eigenvalue weighted by Crippen LogP contribution is -2.36. The zero-order valence-electron chi connectivity index (χ0n) is 21.6. The zero-order valence-corrected chi connectivity index (χ0v) is 21.6. The highest BCUT2D eigenvalue weighted by Crippen LogP contribution is 2.57.